The van der Waals surface area contributed by atoms with Gasteiger partial charge in [0.2, 0.25) is 0 Å². The molecular formula is C12H22O2. The van der Waals surface area contributed by atoms with E-state index in [-0.39, 0.29) is 11.6 Å². The molecule has 82 valence electrons. The lowest BCUT2D eigenvalue weighted by Crippen LogP contribution is -2.33. The van der Waals surface area contributed by atoms with Crippen molar-refractivity contribution in [3.63, 3.8) is 0 Å². The Morgan fingerprint density at radius 3 is 2.14 bits per heavy atom. The second-order valence-corrected chi connectivity index (χ2v) is 4.28. The molecule has 0 spiro atoms. The first-order valence-electron chi connectivity index (χ1n) is 5.94. The van der Waals surface area contributed by atoms with E-state index < -0.39 is 0 Å². The van der Waals surface area contributed by atoms with E-state index in [4.69, 9.17) is 4.74 Å². The Hall–Kier alpha value is -0.530. The molecule has 0 saturated heterocycles. The lowest BCUT2D eigenvalue weighted by atomic mass is 9.91. The molecule has 0 unspecified atom stereocenters. The van der Waals surface area contributed by atoms with Gasteiger partial charge in [-0.1, -0.05) is 26.7 Å². The summed E-state index contributed by atoms with van der Waals surface area (Å²) in [5.41, 5.74) is -0.121. The van der Waals surface area contributed by atoms with Gasteiger partial charge in [-0.2, -0.15) is 0 Å². The second kappa shape index (κ2) is 5.38. The van der Waals surface area contributed by atoms with Crippen molar-refractivity contribution in [3.05, 3.63) is 0 Å². The van der Waals surface area contributed by atoms with E-state index in [0.29, 0.717) is 6.42 Å². The molecule has 0 amide bonds. The van der Waals surface area contributed by atoms with Crippen molar-refractivity contribution in [2.75, 3.05) is 0 Å². The van der Waals surface area contributed by atoms with Gasteiger partial charge in [-0.3, -0.25) is 4.79 Å². The van der Waals surface area contributed by atoms with Gasteiger partial charge in [-0.05, 0) is 32.1 Å². The van der Waals surface area contributed by atoms with Crippen LogP contribution in [0.5, 0.6) is 0 Å². The molecule has 1 saturated carbocycles. The van der Waals surface area contributed by atoms with E-state index in [1.54, 1.807) is 0 Å². The highest BCUT2D eigenvalue weighted by molar-refractivity contribution is 5.69. The van der Waals surface area contributed by atoms with E-state index >= 15 is 0 Å². The highest BCUT2D eigenvalue weighted by Crippen LogP contribution is 2.33. The van der Waals surface area contributed by atoms with Crippen LogP contribution in [0.1, 0.15) is 65.2 Å². The predicted molar refractivity (Wildman–Crippen MR) is 57.1 cm³/mol. The average Bonchev–Trinajstić information content (AvgIpc) is 2.44. The molecule has 0 heterocycles. The van der Waals surface area contributed by atoms with Gasteiger partial charge in [0, 0.05) is 6.42 Å². The summed E-state index contributed by atoms with van der Waals surface area (Å²) in [6.45, 7) is 4.00. The molecule has 0 bridgehead atoms. The third-order valence-electron chi connectivity index (χ3n) is 3.28. The van der Waals surface area contributed by atoms with Crippen LogP contribution in [0.15, 0.2) is 0 Å². The zero-order valence-corrected chi connectivity index (χ0v) is 9.47. The second-order valence-electron chi connectivity index (χ2n) is 4.28. The normalized spacial score (nSPS) is 21.3. The molecule has 2 nitrogen and oxygen atoms in total. The highest BCUT2D eigenvalue weighted by atomic mass is 16.6. The van der Waals surface area contributed by atoms with E-state index in [1.165, 1.54) is 25.7 Å². The number of rotatable bonds is 3. The zero-order chi connectivity index (χ0) is 10.4. The third-order valence-corrected chi connectivity index (χ3v) is 3.28. The Morgan fingerprint density at radius 1 is 1.14 bits per heavy atom. The van der Waals surface area contributed by atoms with Gasteiger partial charge in [0.15, 0.2) is 0 Å². The van der Waals surface area contributed by atoms with Crippen molar-refractivity contribution in [1.82, 2.24) is 0 Å². The molecule has 0 radical (unpaired) electrons. The van der Waals surface area contributed by atoms with Crippen molar-refractivity contribution >= 4 is 5.97 Å². The summed E-state index contributed by atoms with van der Waals surface area (Å²) in [6.07, 6.45) is 8.62. The lowest BCUT2D eigenvalue weighted by Gasteiger charge is -2.31. The molecule has 0 N–H and O–H groups in total. The topological polar surface area (TPSA) is 26.3 Å². The first-order chi connectivity index (χ1) is 6.72. The van der Waals surface area contributed by atoms with E-state index in [2.05, 4.69) is 6.92 Å². The number of ether oxygens (including phenoxy) is 1. The molecular weight excluding hydrogens is 176 g/mol. The zero-order valence-electron chi connectivity index (χ0n) is 9.47. The van der Waals surface area contributed by atoms with Crippen LogP contribution in [-0.2, 0) is 9.53 Å². The number of carbonyl (C=O) groups is 1. The fourth-order valence-electron chi connectivity index (χ4n) is 2.21. The molecule has 1 aliphatic carbocycles. The predicted octanol–water partition coefficient (Wildman–Crippen LogP) is 3.44. The van der Waals surface area contributed by atoms with Crippen molar-refractivity contribution in [2.45, 2.75) is 70.8 Å². The minimum absolute atomic E-state index is 0.0336. The fraction of sp³-hybridized carbons (Fsp3) is 0.917. The summed E-state index contributed by atoms with van der Waals surface area (Å²) in [7, 11) is 0. The molecule has 0 atom stereocenters. The molecule has 0 aromatic rings. The van der Waals surface area contributed by atoms with Gasteiger partial charge < -0.3 is 4.74 Å². The van der Waals surface area contributed by atoms with Gasteiger partial charge in [-0.25, -0.2) is 0 Å². The Morgan fingerprint density at radius 2 is 1.71 bits per heavy atom. The SMILES string of the molecule is CCC(=O)OC1(CC)CCCCCC1. The maximum atomic E-state index is 11.3. The van der Waals surface area contributed by atoms with Gasteiger partial charge >= 0.3 is 5.97 Å². The Balaban J connectivity index is 2.57. The van der Waals surface area contributed by atoms with E-state index in [0.717, 1.165) is 19.3 Å². The van der Waals surface area contributed by atoms with Crippen molar-refractivity contribution < 1.29 is 9.53 Å². The van der Waals surface area contributed by atoms with Gasteiger partial charge in [0.05, 0.1) is 0 Å². The number of carbonyl (C=O) groups excluding carboxylic acids is 1. The van der Waals surface area contributed by atoms with Crippen LogP contribution in [0.4, 0.5) is 0 Å². The van der Waals surface area contributed by atoms with E-state index in [9.17, 15) is 4.79 Å². The van der Waals surface area contributed by atoms with Crippen LogP contribution in [0.25, 0.3) is 0 Å². The Kier molecular flexibility index (Phi) is 4.43. The quantitative estimate of drug-likeness (QED) is 0.513. The summed E-state index contributed by atoms with van der Waals surface area (Å²) in [6, 6.07) is 0. The summed E-state index contributed by atoms with van der Waals surface area (Å²) in [4.78, 5) is 11.3. The Labute approximate surface area is 87.0 Å². The first kappa shape index (κ1) is 11.5. The van der Waals surface area contributed by atoms with Crippen LogP contribution >= 0.6 is 0 Å². The number of hydrogen-bond acceptors (Lipinski definition) is 2. The Bertz CT molecular complexity index is 179. The third kappa shape index (κ3) is 3.00. The van der Waals surface area contributed by atoms with Gasteiger partial charge in [0.25, 0.3) is 0 Å². The van der Waals surface area contributed by atoms with Crippen LogP contribution < -0.4 is 0 Å². The first-order valence-corrected chi connectivity index (χ1v) is 5.94. The largest absolute Gasteiger partial charge is 0.459 e. The maximum absolute atomic E-state index is 11.3. The molecule has 1 rings (SSSR count). The molecule has 0 aliphatic heterocycles. The van der Waals surface area contributed by atoms with Crippen molar-refractivity contribution in [2.24, 2.45) is 0 Å². The van der Waals surface area contributed by atoms with Crippen LogP contribution in [0, 0.1) is 0 Å². The number of esters is 1. The number of hydrogen-bond donors (Lipinski definition) is 0. The molecule has 1 fully saturated rings. The van der Waals surface area contributed by atoms with Crippen LogP contribution in [0.3, 0.4) is 0 Å². The van der Waals surface area contributed by atoms with Gasteiger partial charge in [0.1, 0.15) is 5.60 Å². The summed E-state index contributed by atoms with van der Waals surface area (Å²) < 4.78 is 5.62. The smallest absolute Gasteiger partial charge is 0.306 e. The van der Waals surface area contributed by atoms with Gasteiger partial charge in [-0.15, -0.1) is 0 Å². The van der Waals surface area contributed by atoms with Crippen molar-refractivity contribution in [3.8, 4) is 0 Å². The highest BCUT2D eigenvalue weighted by Gasteiger charge is 2.32. The molecule has 1 aliphatic rings. The molecule has 0 aromatic heterocycles. The summed E-state index contributed by atoms with van der Waals surface area (Å²) >= 11 is 0. The average molecular weight is 198 g/mol. The monoisotopic (exact) mass is 198 g/mol. The lowest BCUT2D eigenvalue weighted by molar-refractivity contribution is -0.161. The van der Waals surface area contributed by atoms with Crippen molar-refractivity contribution in [1.29, 1.82) is 0 Å². The minimum Gasteiger partial charge on any atom is -0.459 e. The standard InChI is InChI=1S/C12H22O2/c1-3-11(13)14-12(4-2)9-7-5-6-8-10-12/h3-10H2,1-2H3. The minimum atomic E-state index is -0.121. The molecule has 2 heteroatoms. The summed E-state index contributed by atoms with van der Waals surface area (Å²) in [5, 5.41) is 0. The van der Waals surface area contributed by atoms with Crippen LogP contribution in [0.2, 0.25) is 0 Å². The molecule has 0 aromatic carbocycles. The summed E-state index contributed by atoms with van der Waals surface area (Å²) in [5.74, 6) is -0.0336. The maximum Gasteiger partial charge on any atom is 0.306 e. The molecule has 14 heavy (non-hydrogen) atoms. The van der Waals surface area contributed by atoms with E-state index in [1.807, 2.05) is 6.92 Å². The van der Waals surface area contributed by atoms with Crippen LogP contribution in [-0.4, -0.2) is 11.6 Å². The fourth-order valence-corrected chi connectivity index (χ4v) is 2.21.